The maximum Gasteiger partial charge on any atom is 0.491 e. The van der Waals surface area contributed by atoms with Gasteiger partial charge >= 0.3 is 7.12 Å². The van der Waals surface area contributed by atoms with Gasteiger partial charge in [0.25, 0.3) is 0 Å². The molecule has 0 amide bonds. The molecule has 4 fully saturated rings. The average Bonchev–Trinajstić information content (AvgIpc) is 2.47. The molecular formula is C17H21BF2O3. The molecule has 0 aliphatic heterocycles. The van der Waals surface area contributed by atoms with Gasteiger partial charge in [0.2, 0.25) is 0 Å². The van der Waals surface area contributed by atoms with Gasteiger partial charge in [-0.15, -0.1) is 0 Å². The standard InChI is InChI=1S/C17H21BF2O3/c19-15-13(18(21)22)1-2-14(16(15)20)23-9-17-6-10-3-11(7-17)5-12(4-10)8-17/h1-2,10-12,21-22H,3-9H2. The summed E-state index contributed by atoms with van der Waals surface area (Å²) in [6.45, 7) is 0.424. The Bertz CT molecular complexity index is 585. The van der Waals surface area contributed by atoms with Crippen molar-refractivity contribution in [2.45, 2.75) is 38.5 Å². The minimum absolute atomic E-state index is 0.118. The zero-order valence-corrected chi connectivity index (χ0v) is 13.0. The summed E-state index contributed by atoms with van der Waals surface area (Å²) < 4.78 is 33.5. The Morgan fingerprint density at radius 1 is 1.00 bits per heavy atom. The maximum atomic E-state index is 14.1. The Morgan fingerprint density at radius 3 is 2.09 bits per heavy atom. The summed E-state index contributed by atoms with van der Waals surface area (Å²) in [6, 6.07) is 2.45. The van der Waals surface area contributed by atoms with Crippen LogP contribution >= 0.6 is 0 Å². The van der Waals surface area contributed by atoms with Crippen molar-refractivity contribution in [3.8, 4) is 5.75 Å². The molecule has 4 bridgehead atoms. The molecule has 0 radical (unpaired) electrons. The van der Waals surface area contributed by atoms with Crippen LogP contribution in [0.1, 0.15) is 38.5 Å². The number of ether oxygens (including phenoxy) is 1. The van der Waals surface area contributed by atoms with E-state index in [1.807, 2.05) is 0 Å². The first-order valence-corrected chi connectivity index (χ1v) is 8.42. The highest BCUT2D eigenvalue weighted by Crippen LogP contribution is 2.60. The van der Waals surface area contributed by atoms with Crippen LogP contribution < -0.4 is 10.2 Å². The van der Waals surface area contributed by atoms with Crippen LogP contribution in [0.5, 0.6) is 5.75 Å². The topological polar surface area (TPSA) is 49.7 Å². The molecule has 0 heterocycles. The van der Waals surface area contributed by atoms with Gasteiger partial charge in [0.1, 0.15) is 0 Å². The Morgan fingerprint density at radius 2 is 1.57 bits per heavy atom. The monoisotopic (exact) mass is 322 g/mol. The molecule has 23 heavy (non-hydrogen) atoms. The molecule has 0 spiro atoms. The van der Waals surface area contributed by atoms with Crippen molar-refractivity contribution < 1.29 is 23.6 Å². The van der Waals surface area contributed by atoms with E-state index in [0.29, 0.717) is 6.61 Å². The second kappa shape index (κ2) is 5.45. The van der Waals surface area contributed by atoms with Crippen molar-refractivity contribution in [2.24, 2.45) is 23.2 Å². The quantitative estimate of drug-likeness (QED) is 0.836. The van der Waals surface area contributed by atoms with Gasteiger partial charge in [-0.05, 0) is 62.3 Å². The molecule has 4 saturated carbocycles. The van der Waals surface area contributed by atoms with Crippen LogP contribution in [-0.4, -0.2) is 23.8 Å². The van der Waals surface area contributed by atoms with E-state index in [4.69, 9.17) is 14.8 Å². The van der Waals surface area contributed by atoms with E-state index in [1.165, 1.54) is 25.3 Å². The fourth-order valence-corrected chi connectivity index (χ4v) is 5.56. The van der Waals surface area contributed by atoms with Crippen LogP contribution in [0.2, 0.25) is 0 Å². The Hall–Kier alpha value is -1.14. The minimum Gasteiger partial charge on any atom is -0.490 e. The first-order chi connectivity index (χ1) is 11.0. The predicted molar refractivity (Wildman–Crippen MR) is 82.3 cm³/mol. The molecule has 0 atom stereocenters. The highest BCUT2D eigenvalue weighted by molar-refractivity contribution is 6.58. The maximum absolute atomic E-state index is 14.1. The van der Waals surface area contributed by atoms with E-state index in [0.717, 1.165) is 43.1 Å². The number of halogens is 2. The van der Waals surface area contributed by atoms with E-state index in [-0.39, 0.29) is 11.2 Å². The molecule has 4 aliphatic rings. The molecule has 6 heteroatoms. The smallest absolute Gasteiger partial charge is 0.490 e. The van der Waals surface area contributed by atoms with Crippen LogP contribution in [0.15, 0.2) is 12.1 Å². The lowest BCUT2D eigenvalue weighted by molar-refractivity contribution is -0.0750. The number of rotatable bonds is 4. The first-order valence-electron chi connectivity index (χ1n) is 8.42. The summed E-state index contributed by atoms with van der Waals surface area (Å²) in [7, 11) is -2.03. The third kappa shape index (κ3) is 2.66. The van der Waals surface area contributed by atoms with Gasteiger partial charge in [0.05, 0.1) is 6.61 Å². The molecule has 1 aromatic rings. The Labute approximate surface area is 134 Å². The highest BCUT2D eigenvalue weighted by Gasteiger charge is 2.51. The van der Waals surface area contributed by atoms with Crippen LogP contribution in [0.3, 0.4) is 0 Å². The molecule has 0 unspecified atom stereocenters. The van der Waals surface area contributed by atoms with Gasteiger partial charge in [-0.3, -0.25) is 0 Å². The zero-order chi connectivity index (χ0) is 16.2. The minimum atomic E-state index is -2.03. The SMILES string of the molecule is OB(O)c1ccc(OCC23CC4CC(CC(C4)C2)C3)c(F)c1F. The summed E-state index contributed by atoms with van der Waals surface area (Å²) in [5.74, 6) is -0.193. The van der Waals surface area contributed by atoms with E-state index in [9.17, 15) is 8.78 Å². The highest BCUT2D eigenvalue weighted by atomic mass is 19.2. The van der Waals surface area contributed by atoms with Gasteiger partial charge < -0.3 is 14.8 Å². The summed E-state index contributed by atoms with van der Waals surface area (Å²) in [6.07, 6.45) is 7.38. The fourth-order valence-electron chi connectivity index (χ4n) is 5.56. The second-order valence-electron chi connectivity index (χ2n) is 7.86. The number of hydrogen-bond donors (Lipinski definition) is 2. The summed E-state index contributed by atoms with van der Waals surface area (Å²) in [5.41, 5.74) is -0.350. The van der Waals surface area contributed by atoms with Gasteiger partial charge in [0.15, 0.2) is 17.4 Å². The van der Waals surface area contributed by atoms with Crippen LogP contribution in [0, 0.1) is 34.8 Å². The van der Waals surface area contributed by atoms with Crippen molar-refractivity contribution in [2.75, 3.05) is 6.61 Å². The summed E-state index contributed by atoms with van der Waals surface area (Å²) >= 11 is 0. The number of hydrogen-bond acceptors (Lipinski definition) is 3. The van der Waals surface area contributed by atoms with Gasteiger partial charge in [-0.1, -0.05) is 6.07 Å². The molecule has 1 aromatic carbocycles. The van der Waals surface area contributed by atoms with Crippen molar-refractivity contribution >= 4 is 12.6 Å². The third-order valence-electron chi connectivity index (χ3n) is 6.05. The Kier molecular flexibility index (Phi) is 3.65. The molecule has 3 nitrogen and oxygen atoms in total. The number of benzene rings is 1. The molecule has 0 saturated heterocycles. The van der Waals surface area contributed by atoms with E-state index < -0.39 is 24.2 Å². The molecule has 2 N–H and O–H groups in total. The van der Waals surface area contributed by atoms with Gasteiger partial charge in [-0.2, -0.15) is 4.39 Å². The predicted octanol–water partition coefficient (Wildman–Crippen LogP) is 2.24. The third-order valence-corrected chi connectivity index (χ3v) is 6.05. The Balaban J connectivity index is 1.50. The van der Waals surface area contributed by atoms with Crippen molar-refractivity contribution in [3.63, 3.8) is 0 Å². The first kappa shape index (κ1) is 15.4. The summed E-state index contributed by atoms with van der Waals surface area (Å²) in [5, 5.41) is 18.0. The van der Waals surface area contributed by atoms with Gasteiger partial charge in [-0.25, -0.2) is 4.39 Å². The molecule has 4 aliphatic carbocycles. The van der Waals surface area contributed by atoms with Crippen LogP contribution in [-0.2, 0) is 0 Å². The normalized spacial score (nSPS) is 34.7. The largest absolute Gasteiger partial charge is 0.491 e. The van der Waals surface area contributed by atoms with E-state index in [1.54, 1.807) is 0 Å². The zero-order valence-electron chi connectivity index (χ0n) is 13.0. The average molecular weight is 322 g/mol. The fraction of sp³-hybridized carbons (Fsp3) is 0.647. The molecule has 0 aromatic heterocycles. The molecular weight excluding hydrogens is 301 g/mol. The second-order valence-corrected chi connectivity index (χ2v) is 7.86. The van der Waals surface area contributed by atoms with Crippen LogP contribution in [0.25, 0.3) is 0 Å². The van der Waals surface area contributed by atoms with Crippen LogP contribution in [0.4, 0.5) is 8.78 Å². The molecule has 5 rings (SSSR count). The summed E-state index contributed by atoms with van der Waals surface area (Å²) in [4.78, 5) is 0. The van der Waals surface area contributed by atoms with E-state index in [2.05, 4.69) is 0 Å². The van der Waals surface area contributed by atoms with E-state index >= 15 is 0 Å². The van der Waals surface area contributed by atoms with Crippen molar-refractivity contribution in [1.82, 2.24) is 0 Å². The van der Waals surface area contributed by atoms with Gasteiger partial charge in [0, 0.05) is 10.9 Å². The lowest BCUT2D eigenvalue weighted by atomic mass is 9.50. The molecule has 124 valence electrons. The lowest BCUT2D eigenvalue weighted by Gasteiger charge is -2.56. The lowest BCUT2D eigenvalue weighted by Crippen LogP contribution is -2.48. The van der Waals surface area contributed by atoms with Crippen molar-refractivity contribution in [3.05, 3.63) is 23.8 Å². The van der Waals surface area contributed by atoms with Crippen molar-refractivity contribution in [1.29, 1.82) is 0 Å².